The summed E-state index contributed by atoms with van der Waals surface area (Å²) in [5.74, 6) is -0.0764. The van der Waals surface area contributed by atoms with E-state index in [2.05, 4.69) is 9.97 Å². The van der Waals surface area contributed by atoms with Gasteiger partial charge in [-0.3, -0.25) is 15.0 Å². The van der Waals surface area contributed by atoms with Crippen LogP contribution in [0.4, 0.5) is 30.6 Å². The van der Waals surface area contributed by atoms with Gasteiger partial charge in [0.25, 0.3) is 0 Å². The van der Waals surface area contributed by atoms with Crippen LogP contribution in [0.3, 0.4) is 0 Å². The molecule has 1 aliphatic heterocycles. The molecule has 1 aliphatic rings. The topological polar surface area (TPSA) is 101 Å². The second-order valence-corrected chi connectivity index (χ2v) is 4.57. The van der Waals surface area contributed by atoms with Crippen molar-refractivity contribution in [2.75, 3.05) is 43.4 Å². The number of halogens is 3. The summed E-state index contributed by atoms with van der Waals surface area (Å²) in [5, 5.41) is 10.9. The first kappa shape index (κ1) is 15.2. The maximum Gasteiger partial charge on any atom is 0.401 e. The second-order valence-electron chi connectivity index (χ2n) is 4.57. The van der Waals surface area contributed by atoms with E-state index in [1.807, 2.05) is 0 Å². The minimum atomic E-state index is -4.26. The van der Waals surface area contributed by atoms with Gasteiger partial charge in [0.15, 0.2) is 0 Å². The molecule has 0 aliphatic carbocycles. The molecule has 0 unspecified atom stereocenters. The first-order chi connectivity index (χ1) is 9.76. The molecule has 116 valence electrons. The second kappa shape index (κ2) is 5.68. The number of alkyl halides is 3. The third-order valence-corrected chi connectivity index (χ3v) is 3.04. The fourth-order valence-electron chi connectivity index (χ4n) is 2.11. The highest BCUT2D eigenvalue weighted by Crippen LogP contribution is 2.27. The Bertz CT molecular complexity index is 530. The van der Waals surface area contributed by atoms with E-state index in [9.17, 15) is 23.3 Å². The quantitative estimate of drug-likeness (QED) is 0.646. The van der Waals surface area contributed by atoms with Crippen molar-refractivity contribution in [3.8, 4) is 0 Å². The molecule has 8 nitrogen and oxygen atoms in total. The Balaban J connectivity index is 2.09. The number of nitrogens with two attached hydrogens (primary N) is 1. The lowest BCUT2D eigenvalue weighted by Crippen LogP contribution is -2.49. The standard InChI is InChI=1S/C10H13F3N6O2/c11-10(12,13)6-17-1-3-18(4-2-17)8-7(19(20)21)5-15-9(14)16-8/h5H,1-4,6H2,(H2,14,15,16). The summed E-state index contributed by atoms with van der Waals surface area (Å²) in [5.41, 5.74) is 5.10. The summed E-state index contributed by atoms with van der Waals surface area (Å²) < 4.78 is 36.9. The summed E-state index contributed by atoms with van der Waals surface area (Å²) in [6.45, 7) is -0.309. The number of nitro groups is 1. The lowest BCUT2D eigenvalue weighted by Gasteiger charge is -2.35. The lowest BCUT2D eigenvalue weighted by molar-refractivity contribution is -0.384. The highest BCUT2D eigenvalue weighted by Gasteiger charge is 2.33. The molecule has 1 aromatic rings. The van der Waals surface area contributed by atoms with Gasteiger partial charge in [-0.05, 0) is 0 Å². The zero-order valence-electron chi connectivity index (χ0n) is 10.9. The Morgan fingerprint density at radius 1 is 1.33 bits per heavy atom. The minimum Gasteiger partial charge on any atom is -0.368 e. The molecule has 2 N–H and O–H groups in total. The van der Waals surface area contributed by atoms with Crippen molar-refractivity contribution in [2.24, 2.45) is 0 Å². The van der Waals surface area contributed by atoms with E-state index in [4.69, 9.17) is 5.73 Å². The van der Waals surface area contributed by atoms with Gasteiger partial charge < -0.3 is 10.6 Å². The molecular formula is C10H13F3N6O2. The van der Waals surface area contributed by atoms with Gasteiger partial charge in [-0.2, -0.15) is 18.2 Å². The molecular weight excluding hydrogens is 293 g/mol. The number of piperazine rings is 1. The van der Waals surface area contributed by atoms with Gasteiger partial charge in [-0.25, -0.2) is 4.98 Å². The highest BCUT2D eigenvalue weighted by atomic mass is 19.4. The van der Waals surface area contributed by atoms with Crippen LogP contribution in [0.1, 0.15) is 0 Å². The summed E-state index contributed by atoms with van der Waals surface area (Å²) >= 11 is 0. The summed E-state index contributed by atoms with van der Waals surface area (Å²) in [4.78, 5) is 20.5. The van der Waals surface area contributed by atoms with Crippen molar-refractivity contribution in [2.45, 2.75) is 6.18 Å². The average Bonchev–Trinajstić information content (AvgIpc) is 2.37. The first-order valence-corrected chi connectivity index (χ1v) is 6.07. The lowest BCUT2D eigenvalue weighted by atomic mass is 10.3. The number of hydrogen-bond acceptors (Lipinski definition) is 7. The molecule has 0 atom stereocenters. The number of anilines is 2. The summed E-state index contributed by atoms with van der Waals surface area (Å²) in [7, 11) is 0. The van der Waals surface area contributed by atoms with Crippen molar-refractivity contribution >= 4 is 17.5 Å². The Labute approximate surface area is 117 Å². The molecule has 2 heterocycles. The number of hydrogen-bond donors (Lipinski definition) is 1. The van der Waals surface area contributed by atoms with Crippen molar-refractivity contribution in [1.29, 1.82) is 0 Å². The maximum absolute atomic E-state index is 12.3. The highest BCUT2D eigenvalue weighted by molar-refractivity contribution is 5.58. The van der Waals surface area contributed by atoms with Crippen LogP contribution in [-0.2, 0) is 0 Å². The zero-order chi connectivity index (χ0) is 15.6. The van der Waals surface area contributed by atoms with Crippen LogP contribution in [0.15, 0.2) is 6.20 Å². The predicted octanol–water partition coefficient (Wildman–Crippen LogP) is 0.651. The fourth-order valence-corrected chi connectivity index (χ4v) is 2.11. The number of aromatic nitrogens is 2. The Hall–Kier alpha value is -2.17. The monoisotopic (exact) mass is 306 g/mol. The molecule has 0 spiro atoms. The molecule has 0 aromatic carbocycles. The third kappa shape index (κ3) is 3.90. The van der Waals surface area contributed by atoms with Crippen molar-refractivity contribution < 1.29 is 18.1 Å². The van der Waals surface area contributed by atoms with Crippen molar-refractivity contribution in [3.63, 3.8) is 0 Å². The van der Waals surface area contributed by atoms with Crippen molar-refractivity contribution in [3.05, 3.63) is 16.3 Å². The van der Waals surface area contributed by atoms with Crippen LogP contribution < -0.4 is 10.6 Å². The number of nitrogens with zero attached hydrogens (tertiary/aromatic N) is 5. The first-order valence-electron chi connectivity index (χ1n) is 6.07. The van der Waals surface area contributed by atoms with Crippen LogP contribution in [0.25, 0.3) is 0 Å². The van der Waals surface area contributed by atoms with Gasteiger partial charge in [0.05, 0.1) is 11.5 Å². The van der Waals surface area contributed by atoms with E-state index in [0.717, 1.165) is 6.20 Å². The molecule has 1 fully saturated rings. The number of rotatable bonds is 3. The van der Waals surface area contributed by atoms with E-state index < -0.39 is 17.6 Å². The smallest absolute Gasteiger partial charge is 0.368 e. The third-order valence-electron chi connectivity index (χ3n) is 3.04. The summed E-state index contributed by atoms with van der Waals surface area (Å²) in [6, 6.07) is 0. The molecule has 0 saturated carbocycles. The van der Waals surface area contributed by atoms with Crippen LogP contribution in [0.5, 0.6) is 0 Å². The Morgan fingerprint density at radius 3 is 2.48 bits per heavy atom. The van der Waals surface area contributed by atoms with Crippen molar-refractivity contribution in [1.82, 2.24) is 14.9 Å². The van der Waals surface area contributed by atoms with Crippen LogP contribution >= 0.6 is 0 Å². The van der Waals surface area contributed by atoms with Crippen LogP contribution in [-0.4, -0.2) is 58.7 Å². The fraction of sp³-hybridized carbons (Fsp3) is 0.600. The van der Waals surface area contributed by atoms with E-state index in [1.54, 1.807) is 4.90 Å². The molecule has 11 heteroatoms. The molecule has 1 saturated heterocycles. The Morgan fingerprint density at radius 2 is 1.95 bits per heavy atom. The molecule has 2 rings (SSSR count). The normalized spacial score (nSPS) is 17.0. The van der Waals surface area contributed by atoms with E-state index >= 15 is 0 Å². The molecule has 0 bridgehead atoms. The zero-order valence-corrected chi connectivity index (χ0v) is 10.9. The molecule has 21 heavy (non-hydrogen) atoms. The van der Waals surface area contributed by atoms with E-state index in [1.165, 1.54) is 4.90 Å². The van der Waals surface area contributed by atoms with Gasteiger partial charge in [0.2, 0.25) is 11.8 Å². The van der Waals surface area contributed by atoms with Gasteiger partial charge >= 0.3 is 11.9 Å². The van der Waals surface area contributed by atoms with Gasteiger partial charge in [-0.1, -0.05) is 0 Å². The SMILES string of the molecule is Nc1ncc([N+](=O)[O-])c(N2CCN(CC(F)(F)F)CC2)n1. The summed E-state index contributed by atoms with van der Waals surface area (Å²) in [6.07, 6.45) is -3.26. The Kier molecular flexibility index (Phi) is 4.11. The van der Waals surface area contributed by atoms with E-state index in [-0.39, 0.29) is 43.6 Å². The van der Waals surface area contributed by atoms with Gasteiger partial charge in [0.1, 0.15) is 6.20 Å². The van der Waals surface area contributed by atoms with Gasteiger partial charge in [0, 0.05) is 26.2 Å². The molecule has 0 amide bonds. The minimum absolute atomic E-state index is 0.0409. The van der Waals surface area contributed by atoms with Gasteiger partial charge in [-0.15, -0.1) is 0 Å². The molecule has 0 radical (unpaired) electrons. The molecule has 1 aromatic heterocycles. The maximum atomic E-state index is 12.3. The van der Waals surface area contributed by atoms with Crippen LogP contribution in [0, 0.1) is 10.1 Å². The predicted molar refractivity (Wildman–Crippen MR) is 67.8 cm³/mol. The average molecular weight is 306 g/mol. The van der Waals surface area contributed by atoms with Crippen LogP contribution in [0.2, 0.25) is 0 Å². The number of nitrogen functional groups attached to an aromatic ring is 1. The van der Waals surface area contributed by atoms with E-state index in [0.29, 0.717) is 0 Å². The largest absolute Gasteiger partial charge is 0.401 e.